The van der Waals surface area contributed by atoms with Crippen LogP contribution in [0.25, 0.3) is 0 Å². The first-order valence-corrected chi connectivity index (χ1v) is 9.81. The van der Waals surface area contributed by atoms with Crippen molar-refractivity contribution in [2.75, 3.05) is 17.2 Å². The maximum atomic E-state index is 12.9. The minimum absolute atomic E-state index is 0. The fourth-order valence-corrected chi connectivity index (χ4v) is 4.07. The third kappa shape index (κ3) is 4.75. The second-order valence-corrected chi connectivity index (χ2v) is 7.84. The van der Waals surface area contributed by atoms with Crippen LogP contribution in [0.4, 0.5) is 5.69 Å². The number of amides is 1. The highest BCUT2D eigenvalue weighted by atomic mass is 35.5. The van der Waals surface area contributed by atoms with E-state index >= 15 is 0 Å². The van der Waals surface area contributed by atoms with E-state index in [0.29, 0.717) is 22.4 Å². The number of amidine groups is 1. The number of rotatable bonds is 4. The number of benzene rings is 1. The molecule has 1 atom stereocenters. The molecule has 0 spiro atoms. The Bertz CT molecular complexity index is 844. The van der Waals surface area contributed by atoms with Crippen LogP contribution in [0.1, 0.15) is 36.3 Å². The van der Waals surface area contributed by atoms with Crippen LogP contribution in [0.5, 0.6) is 0 Å². The summed E-state index contributed by atoms with van der Waals surface area (Å²) in [6, 6.07) is 11.2. The number of halogens is 2. The van der Waals surface area contributed by atoms with Crippen LogP contribution in [-0.2, 0) is 5.54 Å². The van der Waals surface area contributed by atoms with E-state index < -0.39 is 0 Å². The van der Waals surface area contributed by atoms with Gasteiger partial charge in [-0.2, -0.15) is 0 Å². The lowest BCUT2D eigenvalue weighted by molar-refractivity contribution is 0.0983. The molecule has 1 unspecified atom stereocenters. The van der Waals surface area contributed by atoms with Gasteiger partial charge in [-0.05, 0) is 50.1 Å². The van der Waals surface area contributed by atoms with Crippen LogP contribution >= 0.6 is 35.8 Å². The monoisotopic (exact) mass is 424 g/mol. The molecule has 0 fully saturated rings. The summed E-state index contributed by atoms with van der Waals surface area (Å²) < 4.78 is 0. The fourth-order valence-electron chi connectivity index (χ4n) is 2.99. The zero-order valence-electron chi connectivity index (χ0n) is 15.2. The highest BCUT2D eigenvalue weighted by Gasteiger charge is 2.30. The molecule has 1 aromatic heterocycles. The van der Waals surface area contributed by atoms with Gasteiger partial charge in [0.1, 0.15) is 5.69 Å². The summed E-state index contributed by atoms with van der Waals surface area (Å²) in [5, 5.41) is 1.11. The van der Waals surface area contributed by atoms with Crippen LogP contribution in [0.3, 0.4) is 0 Å². The first-order valence-electron chi connectivity index (χ1n) is 8.45. The minimum atomic E-state index is -0.369. The zero-order chi connectivity index (χ0) is 18.7. The van der Waals surface area contributed by atoms with Gasteiger partial charge in [0.2, 0.25) is 0 Å². The predicted octanol–water partition coefficient (Wildman–Crippen LogP) is 4.49. The molecule has 3 rings (SSSR count). The molecule has 8 heteroatoms. The summed E-state index contributed by atoms with van der Waals surface area (Å²) in [7, 11) is 0. The van der Waals surface area contributed by atoms with E-state index in [1.54, 1.807) is 28.8 Å². The summed E-state index contributed by atoms with van der Waals surface area (Å²) in [5.74, 6) is 0.773. The van der Waals surface area contributed by atoms with Gasteiger partial charge < -0.3 is 10.6 Å². The van der Waals surface area contributed by atoms with E-state index in [4.69, 9.17) is 17.3 Å². The first kappa shape index (κ1) is 21.5. The van der Waals surface area contributed by atoms with Crippen molar-refractivity contribution < 1.29 is 4.79 Å². The van der Waals surface area contributed by atoms with Gasteiger partial charge in [-0.25, -0.2) is 4.98 Å². The Morgan fingerprint density at radius 1 is 1.37 bits per heavy atom. The molecule has 0 radical (unpaired) electrons. The van der Waals surface area contributed by atoms with Gasteiger partial charge in [0, 0.05) is 24.2 Å². The number of carbonyl (C=O) groups excluding carboxylic acids is 1. The van der Waals surface area contributed by atoms with Gasteiger partial charge >= 0.3 is 0 Å². The molecule has 1 aliphatic rings. The van der Waals surface area contributed by atoms with Crippen molar-refractivity contribution in [3.63, 3.8) is 0 Å². The molecule has 0 bridgehead atoms. The van der Waals surface area contributed by atoms with Crippen LogP contribution in [-0.4, -0.2) is 28.4 Å². The first-order chi connectivity index (χ1) is 12.4. The number of carbonyl (C=O) groups is 1. The topological polar surface area (TPSA) is 71.6 Å². The van der Waals surface area contributed by atoms with E-state index in [1.165, 1.54) is 6.20 Å². The Kier molecular flexibility index (Phi) is 7.14. The number of hydrogen-bond acceptors (Lipinski definition) is 5. The van der Waals surface area contributed by atoms with Crippen LogP contribution in [0.2, 0.25) is 5.02 Å². The molecule has 2 aromatic rings. The second-order valence-electron chi connectivity index (χ2n) is 6.28. The lowest BCUT2D eigenvalue weighted by Crippen LogP contribution is -2.32. The Morgan fingerprint density at radius 2 is 2.15 bits per heavy atom. The lowest BCUT2D eigenvalue weighted by Gasteiger charge is -2.31. The number of aromatic nitrogens is 1. The molecular formula is C19H22Cl2N4OS. The van der Waals surface area contributed by atoms with Crippen molar-refractivity contribution in [1.29, 1.82) is 0 Å². The summed E-state index contributed by atoms with van der Waals surface area (Å²) in [4.78, 5) is 23.4. The summed E-state index contributed by atoms with van der Waals surface area (Å²) >= 11 is 7.45. The molecule has 1 aliphatic heterocycles. The van der Waals surface area contributed by atoms with Crippen molar-refractivity contribution in [3.05, 3.63) is 58.9 Å². The number of anilines is 1. The van der Waals surface area contributed by atoms with Gasteiger partial charge in [-0.3, -0.25) is 9.79 Å². The summed E-state index contributed by atoms with van der Waals surface area (Å²) in [6.07, 6.45) is 2.39. The van der Waals surface area contributed by atoms with Crippen LogP contribution < -0.4 is 10.6 Å². The average Bonchev–Trinajstić information content (AvgIpc) is 2.63. The number of thioether (sulfide) groups is 1. The van der Waals surface area contributed by atoms with Gasteiger partial charge in [0.25, 0.3) is 5.91 Å². The molecule has 2 heterocycles. The summed E-state index contributed by atoms with van der Waals surface area (Å²) in [5.41, 5.74) is 7.80. The third-order valence-electron chi connectivity index (χ3n) is 4.48. The molecule has 1 amide bonds. The number of aliphatic imine (C=N–C) groups is 1. The SMILES string of the molecule is CCN(C(=O)c1ccc(Cl)cn1)c1cccc(C2(C)CCSC(N)=N2)c1.Cl. The molecule has 0 saturated heterocycles. The highest BCUT2D eigenvalue weighted by Crippen LogP contribution is 2.36. The van der Waals surface area contributed by atoms with Crippen molar-refractivity contribution in [2.24, 2.45) is 10.7 Å². The highest BCUT2D eigenvalue weighted by molar-refractivity contribution is 8.13. The van der Waals surface area contributed by atoms with Crippen molar-refractivity contribution in [3.8, 4) is 0 Å². The average molecular weight is 425 g/mol. The quantitative estimate of drug-likeness (QED) is 0.784. The van der Waals surface area contributed by atoms with E-state index in [2.05, 4.69) is 16.9 Å². The fraction of sp³-hybridized carbons (Fsp3) is 0.316. The van der Waals surface area contributed by atoms with Gasteiger partial charge in [0.15, 0.2) is 5.17 Å². The predicted molar refractivity (Wildman–Crippen MR) is 116 cm³/mol. The van der Waals surface area contributed by atoms with Gasteiger partial charge in [-0.15, -0.1) is 12.4 Å². The Morgan fingerprint density at radius 3 is 2.78 bits per heavy atom. The van der Waals surface area contributed by atoms with Crippen molar-refractivity contribution >= 4 is 52.5 Å². The maximum Gasteiger partial charge on any atom is 0.276 e. The standard InChI is InChI=1S/C19H21ClN4OS.ClH/c1-3-24(17(25)16-8-7-14(20)12-22-16)15-6-4-5-13(11-15)19(2)9-10-26-18(21)23-19;/h4-8,11-12H,3,9-10H2,1-2H3,(H2,21,23);1H. The molecule has 2 N–H and O–H groups in total. The summed E-state index contributed by atoms with van der Waals surface area (Å²) in [6.45, 7) is 4.55. The largest absolute Gasteiger partial charge is 0.379 e. The van der Waals surface area contributed by atoms with Crippen LogP contribution in [0, 0.1) is 0 Å². The molecular weight excluding hydrogens is 403 g/mol. The van der Waals surface area contributed by atoms with Crippen molar-refractivity contribution in [2.45, 2.75) is 25.8 Å². The molecule has 0 saturated carbocycles. The zero-order valence-corrected chi connectivity index (χ0v) is 17.6. The molecule has 0 aliphatic carbocycles. The smallest absolute Gasteiger partial charge is 0.276 e. The molecule has 27 heavy (non-hydrogen) atoms. The minimum Gasteiger partial charge on any atom is -0.379 e. The Hall–Kier alpha value is -1.76. The number of hydrogen-bond donors (Lipinski definition) is 1. The number of pyridine rings is 1. The molecule has 144 valence electrons. The Balaban J connectivity index is 0.00000261. The maximum absolute atomic E-state index is 12.9. The normalized spacial score (nSPS) is 19.0. The molecule has 1 aromatic carbocycles. The number of nitrogens with two attached hydrogens (primary N) is 1. The third-order valence-corrected chi connectivity index (χ3v) is 5.50. The van der Waals surface area contributed by atoms with E-state index in [0.717, 1.165) is 23.4 Å². The second kappa shape index (κ2) is 8.95. The Labute approximate surface area is 174 Å². The van der Waals surface area contributed by atoms with Crippen molar-refractivity contribution in [1.82, 2.24) is 4.98 Å². The van der Waals surface area contributed by atoms with Gasteiger partial charge in [-0.1, -0.05) is 35.5 Å². The lowest BCUT2D eigenvalue weighted by atomic mass is 9.89. The number of nitrogens with zero attached hydrogens (tertiary/aromatic N) is 3. The van der Waals surface area contributed by atoms with Gasteiger partial charge in [0.05, 0.1) is 10.6 Å². The molecule has 5 nitrogen and oxygen atoms in total. The van der Waals surface area contributed by atoms with E-state index in [1.807, 2.05) is 31.2 Å². The van der Waals surface area contributed by atoms with E-state index in [9.17, 15) is 4.79 Å². The van der Waals surface area contributed by atoms with Crippen LogP contribution in [0.15, 0.2) is 47.6 Å². The van der Waals surface area contributed by atoms with E-state index in [-0.39, 0.29) is 23.9 Å².